The summed E-state index contributed by atoms with van der Waals surface area (Å²) in [6.07, 6.45) is 0. The van der Waals surface area contributed by atoms with Crippen molar-refractivity contribution in [2.45, 2.75) is 6.92 Å². The van der Waals surface area contributed by atoms with Crippen molar-refractivity contribution in [1.29, 1.82) is 0 Å². The number of hydrogen-bond acceptors (Lipinski definition) is 3. The first kappa shape index (κ1) is 14.7. The molecule has 0 bridgehead atoms. The van der Waals surface area contributed by atoms with E-state index >= 15 is 0 Å². The van der Waals surface area contributed by atoms with Crippen LogP contribution in [0.2, 0.25) is 0 Å². The number of aromatic nitrogens is 1. The minimum absolute atomic E-state index is 0.347. The molecule has 0 amide bonds. The molecule has 4 heteroatoms. The molecule has 1 aromatic heterocycles. The highest BCUT2D eigenvalue weighted by atomic mass is 79.9. The predicted molar refractivity (Wildman–Crippen MR) is 91.0 cm³/mol. The normalized spacial score (nSPS) is 10.7. The van der Waals surface area contributed by atoms with Gasteiger partial charge < -0.3 is 4.74 Å². The monoisotopic (exact) mass is 355 g/mol. The number of pyridine rings is 1. The molecule has 0 saturated carbocycles. The van der Waals surface area contributed by atoms with Crippen molar-refractivity contribution >= 4 is 32.8 Å². The summed E-state index contributed by atoms with van der Waals surface area (Å²) < 4.78 is 5.88. The van der Waals surface area contributed by atoms with Gasteiger partial charge in [0.1, 0.15) is 0 Å². The number of rotatable bonds is 2. The van der Waals surface area contributed by atoms with Gasteiger partial charge in [-0.3, -0.25) is 0 Å². The molecule has 2 aromatic carbocycles. The van der Waals surface area contributed by atoms with Crippen molar-refractivity contribution < 1.29 is 9.53 Å². The van der Waals surface area contributed by atoms with Gasteiger partial charge in [-0.25, -0.2) is 9.78 Å². The van der Waals surface area contributed by atoms with Crippen LogP contribution in [0, 0.1) is 6.92 Å². The third-order valence-corrected chi connectivity index (χ3v) is 4.12. The number of esters is 1. The molecule has 0 aliphatic rings. The Morgan fingerprint density at radius 3 is 2.55 bits per heavy atom. The SMILES string of the molecule is COC(=O)c1c(C)c(-c2ccccc2)nc2ccc(Br)cc12. The van der Waals surface area contributed by atoms with Gasteiger partial charge in [0.15, 0.2) is 0 Å². The van der Waals surface area contributed by atoms with Crippen LogP contribution in [0.15, 0.2) is 53.0 Å². The summed E-state index contributed by atoms with van der Waals surface area (Å²) in [5, 5.41) is 0.790. The van der Waals surface area contributed by atoms with Crippen LogP contribution in [0.3, 0.4) is 0 Å². The maximum atomic E-state index is 12.3. The number of fused-ring (bicyclic) bond motifs is 1. The molecule has 3 rings (SSSR count). The van der Waals surface area contributed by atoms with Crippen LogP contribution in [0.1, 0.15) is 15.9 Å². The van der Waals surface area contributed by atoms with E-state index in [-0.39, 0.29) is 5.97 Å². The molecule has 3 nitrogen and oxygen atoms in total. The predicted octanol–water partition coefficient (Wildman–Crippen LogP) is 4.76. The van der Waals surface area contributed by atoms with Gasteiger partial charge >= 0.3 is 5.97 Å². The maximum Gasteiger partial charge on any atom is 0.338 e. The van der Waals surface area contributed by atoms with Gasteiger partial charge in [-0.2, -0.15) is 0 Å². The number of carbonyl (C=O) groups excluding carboxylic acids is 1. The largest absolute Gasteiger partial charge is 0.465 e. The van der Waals surface area contributed by atoms with E-state index in [1.807, 2.05) is 55.5 Å². The van der Waals surface area contributed by atoms with Gasteiger partial charge in [0.2, 0.25) is 0 Å². The number of halogens is 1. The molecule has 3 aromatic rings. The first-order valence-electron chi connectivity index (χ1n) is 6.85. The zero-order valence-corrected chi connectivity index (χ0v) is 13.8. The van der Waals surface area contributed by atoms with Crippen molar-refractivity contribution in [3.8, 4) is 11.3 Å². The second-order valence-corrected chi connectivity index (χ2v) is 5.90. The van der Waals surface area contributed by atoms with Crippen LogP contribution in [-0.4, -0.2) is 18.1 Å². The minimum atomic E-state index is -0.347. The van der Waals surface area contributed by atoms with Gasteiger partial charge in [-0.15, -0.1) is 0 Å². The van der Waals surface area contributed by atoms with Crippen molar-refractivity contribution in [3.63, 3.8) is 0 Å². The fourth-order valence-corrected chi connectivity index (χ4v) is 2.93. The Morgan fingerprint density at radius 1 is 1.14 bits per heavy atom. The van der Waals surface area contributed by atoms with Crippen LogP contribution in [0.4, 0.5) is 0 Å². The maximum absolute atomic E-state index is 12.3. The Labute approximate surface area is 137 Å². The van der Waals surface area contributed by atoms with Crippen molar-refractivity contribution in [2.75, 3.05) is 7.11 Å². The van der Waals surface area contributed by atoms with Crippen LogP contribution in [-0.2, 0) is 4.74 Å². The molecular formula is C18H14BrNO2. The number of carbonyl (C=O) groups is 1. The lowest BCUT2D eigenvalue weighted by Crippen LogP contribution is -2.07. The Balaban J connectivity index is 2.39. The standard InChI is InChI=1S/C18H14BrNO2/c1-11-16(18(21)22-2)14-10-13(19)8-9-15(14)20-17(11)12-6-4-3-5-7-12/h3-10H,1-2H3. The minimum Gasteiger partial charge on any atom is -0.465 e. The van der Waals surface area contributed by atoms with Gasteiger partial charge in [-0.05, 0) is 30.7 Å². The van der Waals surface area contributed by atoms with Crippen molar-refractivity contribution in [1.82, 2.24) is 4.98 Å². The molecule has 0 unspecified atom stereocenters. The molecule has 0 N–H and O–H groups in total. The molecule has 0 spiro atoms. The Bertz CT molecular complexity index is 860. The zero-order valence-electron chi connectivity index (χ0n) is 12.3. The van der Waals surface area contributed by atoms with E-state index in [1.165, 1.54) is 7.11 Å². The molecule has 110 valence electrons. The Hall–Kier alpha value is -2.20. The van der Waals surface area contributed by atoms with Gasteiger partial charge in [0.05, 0.1) is 23.9 Å². The van der Waals surface area contributed by atoms with E-state index in [0.29, 0.717) is 5.56 Å². The number of hydrogen-bond donors (Lipinski definition) is 0. The summed E-state index contributed by atoms with van der Waals surface area (Å²) in [5.74, 6) is -0.347. The Kier molecular flexibility index (Phi) is 3.94. The second-order valence-electron chi connectivity index (χ2n) is 4.98. The summed E-state index contributed by atoms with van der Waals surface area (Å²) >= 11 is 3.45. The lowest BCUT2D eigenvalue weighted by Gasteiger charge is -2.13. The highest BCUT2D eigenvalue weighted by molar-refractivity contribution is 9.10. The summed E-state index contributed by atoms with van der Waals surface area (Å²) in [4.78, 5) is 17.0. The van der Waals surface area contributed by atoms with Crippen molar-refractivity contribution in [2.24, 2.45) is 0 Å². The summed E-state index contributed by atoms with van der Waals surface area (Å²) in [5.41, 5.74) is 3.94. The molecule has 0 saturated heterocycles. The van der Waals surface area contributed by atoms with E-state index < -0.39 is 0 Å². The van der Waals surface area contributed by atoms with Crippen LogP contribution in [0.25, 0.3) is 22.2 Å². The topological polar surface area (TPSA) is 39.2 Å². The van der Waals surface area contributed by atoms with E-state index in [1.54, 1.807) is 0 Å². The molecule has 0 aliphatic carbocycles. The van der Waals surface area contributed by atoms with E-state index in [2.05, 4.69) is 15.9 Å². The van der Waals surface area contributed by atoms with Crippen LogP contribution in [0.5, 0.6) is 0 Å². The lowest BCUT2D eigenvalue weighted by molar-refractivity contribution is 0.0602. The third-order valence-electron chi connectivity index (χ3n) is 3.63. The van der Waals surface area contributed by atoms with Gasteiger partial charge in [-0.1, -0.05) is 46.3 Å². The summed E-state index contributed by atoms with van der Waals surface area (Å²) in [7, 11) is 1.40. The fourth-order valence-electron chi connectivity index (χ4n) is 2.57. The number of methoxy groups -OCH3 is 1. The molecule has 0 atom stereocenters. The molecule has 22 heavy (non-hydrogen) atoms. The van der Waals surface area contributed by atoms with Crippen LogP contribution >= 0.6 is 15.9 Å². The summed E-state index contributed by atoms with van der Waals surface area (Å²) in [6, 6.07) is 15.6. The van der Waals surface area contributed by atoms with Crippen molar-refractivity contribution in [3.05, 3.63) is 64.1 Å². The third kappa shape index (κ3) is 2.50. The van der Waals surface area contributed by atoms with E-state index in [4.69, 9.17) is 9.72 Å². The Morgan fingerprint density at radius 2 is 1.86 bits per heavy atom. The molecule has 0 fully saturated rings. The number of benzene rings is 2. The molecule has 0 aliphatic heterocycles. The number of nitrogens with zero attached hydrogens (tertiary/aromatic N) is 1. The quantitative estimate of drug-likeness (QED) is 0.622. The van der Waals surface area contributed by atoms with Crippen LogP contribution < -0.4 is 0 Å². The van der Waals surface area contributed by atoms with Gasteiger partial charge in [0.25, 0.3) is 0 Å². The second kappa shape index (κ2) is 5.89. The average Bonchev–Trinajstić information content (AvgIpc) is 2.54. The van der Waals surface area contributed by atoms with E-state index in [0.717, 1.165) is 32.2 Å². The first-order chi connectivity index (χ1) is 10.6. The summed E-state index contributed by atoms with van der Waals surface area (Å²) in [6.45, 7) is 1.90. The molecule has 1 heterocycles. The number of ether oxygens (including phenoxy) is 1. The van der Waals surface area contributed by atoms with E-state index in [9.17, 15) is 4.79 Å². The highest BCUT2D eigenvalue weighted by Gasteiger charge is 2.19. The smallest absolute Gasteiger partial charge is 0.338 e. The zero-order chi connectivity index (χ0) is 15.7. The fraction of sp³-hybridized carbons (Fsp3) is 0.111. The first-order valence-corrected chi connectivity index (χ1v) is 7.64. The lowest BCUT2D eigenvalue weighted by atomic mass is 9.98. The molecular weight excluding hydrogens is 342 g/mol. The van der Waals surface area contributed by atoms with Gasteiger partial charge in [0, 0.05) is 15.4 Å². The average molecular weight is 356 g/mol. The molecule has 0 radical (unpaired) electrons. The highest BCUT2D eigenvalue weighted by Crippen LogP contribution is 2.31.